The standard InChI is InChI=1S/C23H29N3OS/c1-15-5-6-18-11-19-12-21(28-23(19)25-20(18)10-15)22(27)24-7-4-8-26-13-16(2)9-17(3)14-26/h5-6,10-12,16-17H,4,7-9,13-14H2,1-3H3,(H,24,27). The predicted molar refractivity (Wildman–Crippen MR) is 118 cm³/mol. The molecule has 3 aromatic rings. The molecule has 2 aromatic heterocycles. The van der Waals surface area contributed by atoms with Crippen LogP contribution in [-0.4, -0.2) is 42.0 Å². The molecule has 0 radical (unpaired) electrons. The van der Waals surface area contributed by atoms with Gasteiger partial charge in [-0.2, -0.15) is 0 Å². The van der Waals surface area contributed by atoms with E-state index < -0.39 is 0 Å². The van der Waals surface area contributed by atoms with Crippen LogP contribution >= 0.6 is 11.3 Å². The van der Waals surface area contributed by atoms with Gasteiger partial charge in [0.2, 0.25) is 0 Å². The molecule has 148 valence electrons. The highest BCUT2D eigenvalue weighted by Crippen LogP contribution is 2.28. The fourth-order valence-corrected chi connectivity index (χ4v) is 5.35. The molecule has 1 saturated heterocycles. The zero-order valence-electron chi connectivity index (χ0n) is 17.0. The maximum absolute atomic E-state index is 12.6. The number of amides is 1. The minimum Gasteiger partial charge on any atom is -0.351 e. The first-order valence-corrected chi connectivity index (χ1v) is 11.1. The molecule has 1 aliphatic rings. The number of hydrogen-bond donors (Lipinski definition) is 1. The predicted octanol–water partition coefficient (Wildman–Crippen LogP) is 4.86. The fourth-order valence-electron chi connectivity index (χ4n) is 4.41. The summed E-state index contributed by atoms with van der Waals surface area (Å²) >= 11 is 1.48. The number of pyridine rings is 1. The average Bonchev–Trinajstić information content (AvgIpc) is 3.05. The van der Waals surface area contributed by atoms with Crippen molar-refractivity contribution in [3.8, 4) is 0 Å². The third kappa shape index (κ3) is 4.36. The molecule has 2 unspecified atom stereocenters. The van der Waals surface area contributed by atoms with E-state index in [4.69, 9.17) is 4.98 Å². The van der Waals surface area contributed by atoms with Gasteiger partial charge in [-0.1, -0.05) is 26.0 Å². The van der Waals surface area contributed by atoms with E-state index in [2.05, 4.69) is 55.3 Å². The van der Waals surface area contributed by atoms with Crippen LogP contribution in [0.4, 0.5) is 0 Å². The van der Waals surface area contributed by atoms with Gasteiger partial charge in [-0.15, -0.1) is 11.3 Å². The van der Waals surface area contributed by atoms with E-state index in [1.54, 1.807) is 0 Å². The van der Waals surface area contributed by atoms with Gasteiger partial charge in [-0.3, -0.25) is 4.79 Å². The van der Waals surface area contributed by atoms with Gasteiger partial charge >= 0.3 is 0 Å². The van der Waals surface area contributed by atoms with E-state index in [1.165, 1.54) is 36.4 Å². The Kier molecular flexibility index (Phi) is 5.65. The fraction of sp³-hybridized carbons (Fsp3) is 0.478. The number of nitrogens with zero attached hydrogens (tertiary/aromatic N) is 2. The SMILES string of the molecule is Cc1ccc2cc3cc(C(=O)NCCCN4CC(C)CC(C)C4)sc3nc2c1. The first-order chi connectivity index (χ1) is 13.5. The molecule has 4 rings (SSSR count). The summed E-state index contributed by atoms with van der Waals surface area (Å²) in [4.78, 5) is 21.5. The topological polar surface area (TPSA) is 45.2 Å². The van der Waals surface area contributed by atoms with Crippen molar-refractivity contribution in [2.45, 2.75) is 33.6 Å². The number of carbonyl (C=O) groups excluding carboxylic acids is 1. The second-order valence-electron chi connectivity index (χ2n) is 8.50. The molecule has 0 spiro atoms. The number of benzene rings is 1. The van der Waals surface area contributed by atoms with Crippen LogP contribution in [0.1, 0.15) is 41.9 Å². The number of hydrogen-bond acceptors (Lipinski definition) is 4. The highest BCUT2D eigenvalue weighted by atomic mass is 32.1. The lowest BCUT2D eigenvalue weighted by Gasteiger charge is -2.34. The summed E-state index contributed by atoms with van der Waals surface area (Å²) in [6.45, 7) is 10.9. The Morgan fingerprint density at radius 1 is 1.18 bits per heavy atom. The Morgan fingerprint density at radius 2 is 1.96 bits per heavy atom. The summed E-state index contributed by atoms with van der Waals surface area (Å²) in [7, 11) is 0. The lowest BCUT2D eigenvalue weighted by atomic mass is 9.92. The molecule has 1 amide bonds. The summed E-state index contributed by atoms with van der Waals surface area (Å²) in [5.41, 5.74) is 2.19. The van der Waals surface area contributed by atoms with Gasteiger partial charge in [0.15, 0.2) is 0 Å². The Morgan fingerprint density at radius 3 is 2.75 bits per heavy atom. The maximum atomic E-state index is 12.6. The molecular formula is C23H29N3OS. The van der Waals surface area contributed by atoms with Crippen molar-refractivity contribution in [1.82, 2.24) is 15.2 Å². The van der Waals surface area contributed by atoms with Gasteiger partial charge in [0.05, 0.1) is 10.4 Å². The summed E-state index contributed by atoms with van der Waals surface area (Å²) in [5, 5.41) is 5.25. The molecular weight excluding hydrogens is 366 g/mol. The Labute approximate surface area is 170 Å². The number of aromatic nitrogens is 1. The van der Waals surface area contributed by atoms with E-state index in [0.29, 0.717) is 0 Å². The Bertz CT molecular complexity index is 986. The van der Waals surface area contributed by atoms with Crippen molar-refractivity contribution in [2.75, 3.05) is 26.2 Å². The molecule has 2 atom stereocenters. The van der Waals surface area contributed by atoms with Crippen molar-refractivity contribution < 1.29 is 4.79 Å². The molecule has 5 heteroatoms. The smallest absolute Gasteiger partial charge is 0.261 e. The molecule has 3 heterocycles. The number of nitrogens with one attached hydrogen (secondary N) is 1. The third-order valence-corrected chi connectivity index (χ3v) is 6.61. The molecule has 0 bridgehead atoms. The van der Waals surface area contributed by atoms with Crippen LogP contribution in [0, 0.1) is 18.8 Å². The van der Waals surface area contributed by atoms with E-state index in [-0.39, 0.29) is 5.91 Å². The van der Waals surface area contributed by atoms with E-state index in [1.807, 2.05) is 6.07 Å². The summed E-state index contributed by atoms with van der Waals surface area (Å²) in [5.74, 6) is 1.58. The van der Waals surface area contributed by atoms with Crippen molar-refractivity contribution >= 4 is 38.4 Å². The third-order valence-electron chi connectivity index (χ3n) is 5.56. The van der Waals surface area contributed by atoms with E-state index in [0.717, 1.165) is 57.3 Å². The van der Waals surface area contributed by atoms with Crippen LogP contribution < -0.4 is 5.32 Å². The van der Waals surface area contributed by atoms with Crippen LogP contribution in [0.25, 0.3) is 21.1 Å². The largest absolute Gasteiger partial charge is 0.351 e. The molecule has 1 aromatic carbocycles. The number of carbonyl (C=O) groups is 1. The Hall–Kier alpha value is -1.98. The van der Waals surface area contributed by atoms with Gasteiger partial charge in [-0.05, 0) is 61.9 Å². The second kappa shape index (κ2) is 8.18. The van der Waals surface area contributed by atoms with E-state index in [9.17, 15) is 4.79 Å². The van der Waals surface area contributed by atoms with Crippen molar-refractivity contribution in [3.05, 3.63) is 40.8 Å². The van der Waals surface area contributed by atoms with Crippen molar-refractivity contribution in [3.63, 3.8) is 0 Å². The molecule has 0 saturated carbocycles. The number of thiophene rings is 1. The summed E-state index contributed by atoms with van der Waals surface area (Å²) in [6.07, 6.45) is 2.33. The number of rotatable bonds is 5. The second-order valence-corrected chi connectivity index (χ2v) is 9.54. The van der Waals surface area contributed by atoms with Crippen molar-refractivity contribution in [1.29, 1.82) is 0 Å². The number of likely N-dealkylation sites (tertiary alicyclic amines) is 1. The van der Waals surface area contributed by atoms with Crippen LogP contribution in [-0.2, 0) is 0 Å². The minimum absolute atomic E-state index is 0.0172. The lowest BCUT2D eigenvalue weighted by molar-refractivity contribution is 0.0951. The highest BCUT2D eigenvalue weighted by molar-refractivity contribution is 7.20. The quantitative estimate of drug-likeness (QED) is 0.628. The first-order valence-electron chi connectivity index (χ1n) is 10.3. The molecule has 28 heavy (non-hydrogen) atoms. The summed E-state index contributed by atoms with van der Waals surface area (Å²) in [6, 6.07) is 10.4. The van der Waals surface area contributed by atoms with Gasteiger partial charge in [0, 0.05) is 30.4 Å². The molecule has 1 fully saturated rings. The minimum atomic E-state index is 0.0172. The maximum Gasteiger partial charge on any atom is 0.261 e. The van der Waals surface area contributed by atoms with Crippen LogP contribution in [0.3, 0.4) is 0 Å². The highest BCUT2D eigenvalue weighted by Gasteiger charge is 2.21. The average molecular weight is 396 g/mol. The van der Waals surface area contributed by atoms with Gasteiger partial charge in [0.25, 0.3) is 5.91 Å². The summed E-state index contributed by atoms with van der Waals surface area (Å²) < 4.78 is 0. The van der Waals surface area contributed by atoms with Crippen LogP contribution in [0.5, 0.6) is 0 Å². The normalized spacial score (nSPS) is 20.7. The molecule has 1 aliphatic heterocycles. The van der Waals surface area contributed by atoms with Gasteiger partial charge in [0.1, 0.15) is 4.83 Å². The molecule has 1 N–H and O–H groups in total. The van der Waals surface area contributed by atoms with Crippen LogP contribution in [0.15, 0.2) is 30.3 Å². The Balaban J connectivity index is 1.35. The molecule has 0 aliphatic carbocycles. The number of fused-ring (bicyclic) bond motifs is 2. The zero-order chi connectivity index (χ0) is 19.7. The van der Waals surface area contributed by atoms with Gasteiger partial charge in [-0.25, -0.2) is 4.98 Å². The first kappa shape index (κ1) is 19.3. The number of aryl methyl sites for hydroxylation is 1. The van der Waals surface area contributed by atoms with Gasteiger partial charge < -0.3 is 10.2 Å². The van der Waals surface area contributed by atoms with Crippen LogP contribution in [0.2, 0.25) is 0 Å². The lowest BCUT2D eigenvalue weighted by Crippen LogP contribution is -2.40. The number of piperidine rings is 1. The van der Waals surface area contributed by atoms with E-state index >= 15 is 0 Å². The zero-order valence-corrected chi connectivity index (χ0v) is 17.8. The molecule has 4 nitrogen and oxygen atoms in total. The monoisotopic (exact) mass is 395 g/mol. The van der Waals surface area contributed by atoms with Crippen molar-refractivity contribution in [2.24, 2.45) is 11.8 Å².